The van der Waals surface area contributed by atoms with E-state index in [1.807, 2.05) is 35.7 Å². The minimum atomic E-state index is -0.615. The third-order valence-corrected chi connectivity index (χ3v) is 7.51. The maximum atomic E-state index is 13.3. The molecular weight excluding hydrogens is 464 g/mol. The van der Waals surface area contributed by atoms with Crippen LogP contribution in [0.2, 0.25) is 0 Å². The van der Waals surface area contributed by atoms with E-state index in [4.69, 9.17) is 4.74 Å². The number of nitrogens with zero attached hydrogens (tertiary/aromatic N) is 2. The van der Waals surface area contributed by atoms with Gasteiger partial charge in [0.15, 0.2) is 5.01 Å². The number of carbonyl (C=O) groups is 3. The predicted molar refractivity (Wildman–Crippen MR) is 135 cm³/mol. The van der Waals surface area contributed by atoms with Crippen LogP contribution >= 0.6 is 11.3 Å². The Bertz CT molecular complexity index is 1060. The number of carbonyl (C=O) groups excluding carboxylic acids is 3. The van der Waals surface area contributed by atoms with Gasteiger partial charge in [0.2, 0.25) is 5.91 Å². The van der Waals surface area contributed by atoms with Gasteiger partial charge in [-0.2, -0.15) is 0 Å². The van der Waals surface area contributed by atoms with Crippen molar-refractivity contribution < 1.29 is 19.1 Å². The molecule has 2 fully saturated rings. The fourth-order valence-electron chi connectivity index (χ4n) is 5.18. The summed E-state index contributed by atoms with van der Waals surface area (Å²) in [4.78, 5) is 45.0. The van der Waals surface area contributed by atoms with Gasteiger partial charge in [0.25, 0.3) is 5.91 Å². The third kappa shape index (κ3) is 5.90. The van der Waals surface area contributed by atoms with Crippen LogP contribution in [0.1, 0.15) is 56.3 Å². The molecule has 1 unspecified atom stereocenters. The van der Waals surface area contributed by atoms with Crippen LogP contribution in [0.5, 0.6) is 0 Å². The van der Waals surface area contributed by atoms with Gasteiger partial charge in [-0.05, 0) is 46.5 Å². The van der Waals surface area contributed by atoms with E-state index in [1.54, 1.807) is 4.90 Å². The summed E-state index contributed by atoms with van der Waals surface area (Å²) >= 11 is 1.26. The van der Waals surface area contributed by atoms with Crippen molar-refractivity contribution in [2.75, 3.05) is 13.7 Å². The van der Waals surface area contributed by atoms with Crippen molar-refractivity contribution >= 4 is 29.1 Å². The van der Waals surface area contributed by atoms with Crippen molar-refractivity contribution in [3.63, 3.8) is 0 Å². The molecule has 2 aromatic rings. The molecule has 0 radical (unpaired) electrons. The molecule has 9 heteroatoms. The van der Waals surface area contributed by atoms with E-state index >= 15 is 0 Å². The molecular formula is C26H34N4O4S. The number of amides is 2. The first-order chi connectivity index (χ1) is 16.7. The second-order valence-corrected chi connectivity index (χ2v) is 11.2. The summed E-state index contributed by atoms with van der Waals surface area (Å²) in [5, 5.41) is 8.62. The third-order valence-electron chi connectivity index (χ3n) is 6.67. The molecule has 4 atom stereocenters. The zero-order valence-electron chi connectivity index (χ0n) is 20.7. The van der Waals surface area contributed by atoms with E-state index < -0.39 is 6.04 Å². The van der Waals surface area contributed by atoms with Crippen LogP contribution in [0.4, 0.5) is 0 Å². The molecule has 1 saturated heterocycles. The molecule has 35 heavy (non-hydrogen) atoms. The molecule has 2 heterocycles. The first kappa shape index (κ1) is 25.3. The first-order valence-corrected chi connectivity index (χ1v) is 13.0. The zero-order chi connectivity index (χ0) is 25.2. The van der Waals surface area contributed by atoms with Gasteiger partial charge in [-0.3, -0.25) is 14.4 Å². The molecule has 2 N–H and O–H groups in total. The van der Waals surface area contributed by atoms with Gasteiger partial charge in [-0.15, -0.1) is 11.3 Å². The molecule has 1 aromatic carbocycles. The monoisotopic (exact) mass is 498 g/mol. The van der Waals surface area contributed by atoms with Crippen LogP contribution in [-0.4, -0.2) is 65.0 Å². The highest BCUT2D eigenvalue weighted by Gasteiger charge is 2.45. The fourth-order valence-corrected chi connectivity index (χ4v) is 5.91. The van der Waals surface area contributed by atoms with Crippen molar-refractivity contribution in [3.05, 3.63) is 40.7 Å². The second-order valence-electron chi connectivity index (χ2n) is 10.4. The lowest BCUT2D eigenvalue weighted by molar-refractivity contribution is -0.151. The van der Waals surface area contributed by atoms with Crippen LogP contribution in [0, 0.1) is 5.92 Å². The Morgan fingerprint density at radius 1 is 1.14 bits per heavy atom. The van der Waals surface area contributed by atoms with Gasteiger partial charge in [-0.1, -0.05) is 30.3 Å². The maximum Gasteiger partial charge on any atom is 0.310 e. The molecule has 0 bridgehead atoms. The zero-order valence-corrected chi connectivity index (χ0v) is 21.6. The van der Waals surface area contributed by atoms with E-state index in [-0.39, 0.29) is 41.3 Å². The van der Waals surface area contributed by atoms with E-state index in [9.17, 15) is 14.4 Å². The largest absolute Gasteiger partial charge is 0.469 e. The summed E-state index contributed by atoms with van der Waals surface area (Å²) in [6.45, 7) is 6.82. The van der Waals surface area contributed by atoms with Crippen LogP contribution in [0.25, 0.3) is 11.3 Å². The highest BCUT2D eigenvalue weighted by molar-refractivity contribution is 7.12. The van der Waals surface area contributed by atoms with Crippen molar-refractivity contribution in [3.8, 4) is 11.3 Å². The number of rotatable bonds is 6. The van der Waals surface area contributed by atoms with Crippen molar-refractivity contribution in [1.29, 1.82) is 0 Å². The number of ether oxygens (including phenoxy) is 1. The first-order valence-electron chi connectivity index (χ1n) is 12.1. The summed E-state index contributed by atoms with van der Waals surface area (Å²) < 4.78 is 5.10. The van der Waals surface area contributed by atoms with Crippen molar-refractivity contribution in [2.24, 2.45) is 5.92 Å². The van der Waals surface area contributed by atoms with Gasteiger partial charge >= 0.3 is 5.97 Å². The number of esters is 1. The average molecular weight is 499 g/mol. The van der Waals surface area contributed by atoms with Gasteiger partial charge in [-0.25, -0.2) is 4.98 Å². The minimum Gasteiger partial charge on any atom is -0.469 e. The second kappa shape index (κ2) is 10.5. The topological polar surface area (TPSA) is 101 Å². The predicted octanol–water partition coefficient (Wildman–Crippen LogP) is 3.24. The molecule has 2 amide bonds. The molecule has 4 rings (SSSR count). The van der Waals surface area contributed by atoms with Crippen molar-refractivity contribution in [1.82, 2.24) is 20.5 Å². The lowest BCUT2D eigenvalue weighted by atomic mass is 9.80. The van der Waals surface area contributed by atoms with Crippen LogP contribution < -0.4 is 10.6 Å². The normalized spacial score (nSPS) is 24.9. The number of nitrogens with one attached hydrogen (secondary N) is 2. The summed E-state index contributed by atoms with van der Waals surface area (Å²) in [7, 11) is 1.40. The van der Waals surface area contributed by atoms with E-state index in [0.717, 1.165) is 17.7 Å². The van der Waals surface area contributed by atoms with E-state index in [0.29, 0.717) is 30.8 Å². The van der Waals surface area contributed by atoms with E-state index in [2.05, 4.69) is 36.4 Å². The van der Waals surface area contributed by atoms with Gasteiger partial charge in [0, 0.05) is 35.1 Å². The molecule has 1 aromatic heterocycles. The fraction of sp³-hybridized carbons (Fsp3) is 0.538. The Morgan fingerprint density at radius 2 is 1.89 bits per heavy atom. The van der Waals surface area contributed by atoms with Crippen LogP contribution in [0.15, 0.2) is 35.7 Å². The Morgan fingerprint density at radius 3 is 2.57 bits per heavy atom. The quantitative estimate of drug-likeness (QED) is 0.593. The van der Waals surface area contributed by atoms with Crippen LogP contribution in [-0.2, 0) is 14.3 Å². The lowest BCUT2D eigenvalue weighted by Gasteiger charge is -2.41. The highest BCUT2D eigenvalue weighted by atomic mass is 32.1. The molecule has 1 aliphatic heterocycles. The minimum absolute atomic E-state index is 0.0623. The van der Waals surface area contributed by atoms with E-state index in [1.165, 1.54) is 18.4 Å². The molecule has 2 aliphatic rings. The summed E-state index contributed by atoms with van der Waals surface area (Å²) in [5.41, 5.74) is 1.62. The molecule has 1 aliphatic carbocycles. The Balaban J connectivity index is 1.41. The Labute approximate surface area is 210 Å². The number of methoxy groups -OCH3 is 1. The maximum absolute atomic E-state index is 13.3. The molecule has 0 spiro atoms. The van der Waals surface area contributed by atoms with Crippen LogP contribution in [0.3, 0.4) is 0 Å². The summed E-state index contributed by atoms with van der Waals surface area (Å²) in [5.74, 6) is -1.16. The van der Waals surface area contributed by atoms with Gasteiger partial charge in [0.1, 0.15) is 6.04 Å². The summed E-state index contributed by atoms with van der Waals surface area (Å²) in [6, 6.07) is 9.02. The SMILES string of the molecule is COC(=O)[C@@H]1C[C@H](NC(C)(C)C)CC[C@@H]1N1CCC(NC(=O)c2nc(-c3ccccc3)cs2)C1=O. The number of likely N-dealkylation sites (tertiary alicyclic amines) is 1. The number of aromatic nitrogens is 1. The number of benzene rings is 1. The van der Waals surface area contributed by atoms with Crippen molar-refractivity contribution in [2.45, 2.75) is 70.1 Å². The number of thiazole rings is 1. The Hall–Kier alpha value is -2.78. The standard InChI is InChI=1S/C26H34N4O4S/c1-26(2,3)29-17-10-11-21(18(14-17)25(33)34-4)30-13-12-19(24(30)32)27-22(31)23-28-20(15-35-23)16-8-6-5-7-9-16/h5-9,15,17-19,21,29H,10-14H2,1-4H3,(H,27,31)/t17-,18-,19?,21+/m1/s1. The molecule has 1 saturated carbocycles. The smallest absolute Gasteiger partial charge is 0.310 e. The Kier molecular flexibility index (Phi) is 7.56. The lowest BCUT2D eigenvalue weighted by Crippen LogP contribution is -2.55. The van der Waals surface area contributed by atoms with Gasteiger partial charge < -0.3 is 20.3 Å². The molecule has 188 valence electrons. The van der Waals surface area contributed by atoms with Gasteiger partial charge in [0.05, 0.1) is 18.7 Å². The molecule has 8 nitrogen and oxygen atoms in total. The number of hydrogen-bond donors (Lipinski definition) is 2. The average Bonchev–Trinajstić information content (AvgIpc) is 3.46. The highest BCUT2D eigenvalue weighted by Crippen LogP contribution is 2.33. The summed E-state index contributed by atoms with van der Waals surface area (Å²) in [6.07, 6.45) is 2.72. The number of hydrogen-bond acceptors (Lipinski definition) is 7.